The number of pyridine rings is 1. The number of aromatic nitrogens is 1. The number of urea groups is 1. The second-order valence-corrected chi connectivity index (χ2v) is 7.54. The van der Waals surface area contributed by atoms with Gasteiger partial charge in [0.1, 0.15) is 29.2 Å². The average molecular weight is 461 g/mol. The van der Waals surface area contributed by atoms with Crippen LogP contribution in [0.25, 0.3) is 0 Å². The number of alkyl halides is 3. The third-order valence-corrected chi connectivity index (χ3v) is 5.16. The molecule has 33 heavy (non-hydrogen) atoms. The molecule has 1 aromatic heterocycles. The summed E-state index contributed by atoms with van der Waals surface area (Å²) in [5, 5.41) is 4.93. The molecule has 2 fully saturated rings. The van der Waals surface area contributed by atoms with E-state index in [1.54, 1.807) is 43.6 Å². The second kappa shape index (κ2) is 8.61. The van der Waals surface area contributed by atoms with Crippen molar-refractivity contribution in [3.05, 3.63) is 89.9 Å². The Morgan fingerprint density at radius 2 is 1.97 bits per heavy atom. The van der Waals surface area contributed by atoms with Crippen molar-refractivity contribution in [3.8, 4) is 5.75 Å². The number of allylic oxidation sites excluding steroid dienone is 4. The lowest BCUT2D eigenvalue weighted by Crippen LogP contribution is -2.34. The summed E-state index contributed by atoms with van der Waals surface area (Å²) in [5.41, 5.74) is -0.937. The molecule has 2 N–H and O–H groups in total. The van der Waals surface area contributed by atoms with E-state index in [9.17, 15) is 22.4 Å². The third-order valence-electron chi connectivity index (χ3n) is 5.16. The molecule has 2 aliphatic rings. The Balaban J connectivity index is 1.31. The Morgan fingerprint density at radius 1 is 1.24 bits per heavy atom. The maximum absolute atomic E-state index is 13.4. The summed E-state index contributed by atoms with van der Waals surface area (Å²) in [5.74, 6) is 0.275. The zero-order valence-electron chi connectivity index (χ0n) is 17.3. The summed E-state index contributed by atoms with van der Waals surface area (Å²) < 4.78 is 63.3. The smallest absolute Gasteiger partial charge is 0.419 e. The molecule has 1 saturated carbocycles. The lowest BCUT2D eigenvalue weighted by atomic mass is 10.1. The molecule has 4 rings (SSSR count). The van der Waals surface area contributed by atoms with Gasteiger partial charge < -0.3 is 20.1 Å². The predicted molar refractivity (Wildman–Crippen MR) is 112 cm³/mol. The Bertz CT molecular complexity index is 1150. The molecule has 10 heteroatoms. The van der Waals surface area contributed by atoms with Crippen molar-refractivity contribution >= 4 is 11.7 Å². The molecule has 0 bridgehead atoms. The van der Waals surface area contributed by atoms with Crippen LogP contribution in [0.15, 0.2) is 78.5 Å². The van der Waals surface area contributed by atoms with Crippen molar-refractivity contribution in [2.75, 3.05) is 5.32 Å². The molecule has 172 valence electrons. The molecule has 1 saturated heterocycles. The summed E-state index contributed by atoms with van der Waals surface area (Å²) in [7, 11) is 0. The van der Waals surface area contributed by atoms with Gasteiger partial charge in [-0.2, -0.15) is 13.2 Å². The SMILES string of the molecule is C=C1/C(=C\C=C(/C)Oc2ccncc2)O[C@@H]2[C@@H](NC(=O)Nc3ccc(F)c(C(F)(F)F)c3)[C@H]12. The molecular weight excluding hydrogens is 442 g/mol. The number of fused-ring (bicyclic) bond motifs is 1. The Hall–Kier alpha value is -3.82. The van der Waals surface area contributed by atoms with E-state index in [0.29, 0.717) is 35.0 Å². The van der Waals surface area contributed by atoms with Gasteiger partial charge in [-0.1, -0.05) is 6.58 Å². The van der Waals surface area contributed by atoms with Gasteiger partial charge in [-0.3, -0.25) is 4.98 Å². The lowest BCUT2D eigenvalue weighted by molar-refractivity contribution is -0.139. The van der Waals surface area contributed by atoms with Gasteiger partial charge in [0.05, 0.1) is 17.5 Å². The molecule has 0 radical (unpaired) electrons. The number of halogens is 4. The van der Waals surface area contributed by atoms with Crippen LogP contribution in [0, 0.1) is 11.7 Å². The number of carbonyl (C=O) groups is 1. The van der Waals surface area contributed by atoms with Gasteiger partial charge in [0.2, 0.25) is 0 Å². The zero-order chi connectivity index (χ0) is 23.8. The molecule has 2 aromatic rings. The number of hydrogen-bond acceptors (Lipinski definition) is 4. The Morgan fingerprint density at radius 3 is 2.61 bits per heavy atom. The van der Waals surface area contributed by atoms with Crippen LogP contribution in [0.1, 0.15) is 12.5 Å². The summed E-state index contributed by atoms with van der Waals surface area (Å²) in [4.78, 5) is 16.1. The number of anilines is 1. The summed E-state index contributed by atoms with van der Waals surface area (Å²) in [6.07, 6.45) is 1.50. The number of ether oxygens (including phenoxy) is 2. The number of nitrogens with one attached hydrogen (secondary N) is 2. The summed E-state index contributed by atoms with van der Waals surface area (Å²) in [6, 6.07) is 4.61. The zero-order valence-corrected chi connectivity index (χ0v) is 17.3. The van der Waals surface area contributed by atoms with E-state index in [0.717, 1.165) is 6.07 Å². The first-order valence-electron chi connectivity index (χ1n) is 9.90. The van der Waals surface area contributed by atoms with Crippen LogP contribution in [0.4, 0.5) is 28.0 Å². The Labute approximate surface area is 186 Å². The van der Waals surface area contributed by atoms with E-state index in [-0.39, 0.29) is 23.8 Å². The van der Waals surface area contributed by atoms with Gasteiger partial charge in [-0.15, -0.1) is 0 Å². The van der Waals surface area contributed by atoms with E-state index >= 15 is 0 Å². The first-order valence-corrected chi connectivity index (χ1v) is 9.90. The van der Waals surface area contributed by atoms with Crippen LogP contribution in [0.5, 0.6) is 5.75 Å². The van der Waals surface area contributed by atoms with Gasteiger partial charge in [0.15, 0.2) is 0 Å². The molecule has 0 spiro atoms. The van der Waals surface area contributed by atoms with Crippen molar-refractivity contribution < 1.29 is 31.8 Å². The number of benzene rings is 1. The van der Waals surface area contributed by atoms with E-state index in [2.05, 4.69) is 22.2 Å². The highest BCUT2D eigenvalue weighted by Gasteiger charge is 2.60. The summed E-state index contributed by atoms with van der Waals surface area (Å²) >= 11 is 0. The molecule has 2 amide bonds. The van der Waals surface area contributed by atoms with Crippen molar-refractivity contribution in [2.24, 2.45) is 5.92 Å². The van der Waals surface area contributed by atoms with Gasteiger partial charge in [0, 0.05) is 18.1 Å². The van der Waals surface area contributed by atoms with Crippen LogP contribution in [0.3, 0.4) is 0 Å². The predicted octanol–water partition coefficient (Wildman–Crippen LogP) is 5.18. The maximum atomic E-state index is 13.4. The molecule has 1 aromatic carbocycles. The van der Waals surface area contributed by atoms with Crippen molar-refractivity contribution in [1.29, 1.82) is 0 Å². The highest BCUT2D eigenvalue weighted by atomic mass is 19.4. The molecule has 1 aliphatic heterocycles. The quantitative estimate of drug-likeness (QED) is 0.476. The molecule has 2 heterocycles. The van der Waals surface area contributed by atoms with Crippen LogP contribution >= 0.6 is 0 Å². The molecule has 6 nitrogen and oxygen atoms in total. The van der Waals surface area contributed by atoms with E-state index in [4.69, 9.17) is 9.47 Å². The molecule has 1 aliphatic carbocycles. The maximum Gasteiger partial charge on any atom is 0.419 e. The molecular formula is C23H19F4N3O3. The number of rotatable bonds is 5. The fraction of sp³-hybridized carbons (Fsp3) is 0.217. The molecule has 0 unspecified atom stereocenters. The Kier molecular flexibility index (Phi) is 5.84. The highest BCUT2D eigenvalue weighted by molar-refractivity contribution is 5.90. The van der Waals surface area contributed by atoms with Crippen molar-refractivity contribution in [2.45, 2.75) is 25.2 Å². The monoisotopic (exact) mass is 461 g/mol. The van der Waals surface area contributed by atoms with Crippen LogP contribution in [-0.2, 0) is 10.9 Å². The van der Waals surface area contributed by atoms with Crippen LogP contribution < -0.4 is 15.4 Å². The minimum absolute atomic E-state index is 0.143. The van der Waals surface area contributed by atoms with Gasteiger partial charge in [-0.25, -0.2) is 9.18 Å². The number of carbonyl (C=O) groups excluding carboxylic acids is 1. The van der Waals surface area contributed by atoms with Gasteiger partial charge in [0.25, 0.3) is 0 Å². The second-order valence-electron chi connectivity index (χ2n) is 7.54. The van der Waals surface area contributed by atoms with Crippen LogP contribution in [-0.4, -0.2) is 23.2 Å². The normalized spacial score (nSPS) is 23.1. The van der Waals surface area contributed by atoms with E-state index in [1.165, 1.54) is 0 Å². The lowest BCUT2D eigenvalue weighted by Gasteiger charge is -2.13. The highest BCUT2D eigenvalue weighted by Crippen LogP contribution is 2.50. The van der Waals surface area contributed by atoms with Crippen molar-refractivity contribution in [3.63, 3.8) is 0 Å². The summed E-state index contributed by atoms with van der Waals surface area (Å²) in [6.45, 7) is 5.78. The first kappa shape index (κ1) is 22.4. The minimum Gasteiger partial charge on any atom is -0.487 e. The number of nitrogens with zero attached hydrogens (tertiary/aromatic N) is 1. The standard InChI is InChI=1S/C23H19F4N3O3/c1-12(32-15-7-9-28-10-8-15)3-6-18-13(2)19-20(21(19)33-18)30-22(31)29-14-4-5-17(24)16(11-14)23(25,26)27/h3-11,19-21H,2H2,1H3,(H2,29,30,31)/b12-3+,18-6+/t19-,20-,21-/m0/s1. The van der Waals surface area contributed by atoms with E-state index < -0.39 is 23.6 Å². The molecule has 3 atom stereocenters. The first-order chi connectivity index (χ1) is 15.6. The average Bonchev–Trinajstić information content (AvgIpc) is 3.31. The van der Waals surface area contributed by atoms with Crippen LogP contribution in [0.2, 0.25) is 0 Å². The fourth-order valence-electron chi connectivity index (χ4n) is 3.51. The third kappa shape index (κ3) is 5.00. The topological polar surface area (TPSA) is 72.5 Å². The number of amides is 2. The van der Waals surface area contributed by atoms with Gasteiger partial charge >= 0.3 is 12.2 Å². The largest absolute Gasteiger partial charge is 0.487 e. The van der Waals surface area contributed by atoms with Gasteiger partial charge in [-0.05, 0) is 55.0 Å². The number of hydrogen-bond donors (Lipinski definition) is 2. The van der Waals surface area contributed by atoms with E-state index in [1.807, 2.05) is 0 Å². The van der Waals surface area contributed by atoms with Crippen molar-refractivity contribution in [1.82, 2.24) is 10.3 Å². The fourth-order valence-corrected chi connectivity index (χ4v) is 3.51. The minimum atomic E-state index is -4.86.